The topological polar surface area (TPSA) is 59.9 Å². The Morgan fingerprint density at radius 1 is 1.26 bits per heavy atom. The highest BCUT2D eigenvalue weighted by Gasteiger charge is 2.44. The van der Waals surface area contributed by atoms with Gasteiger partial charge in [-0.3, -0.25) is 0 Å². The zero-order valence-corrected chi connectivity index (χ0v) is 20.9. The number of ether oxygens (including phenoxy) is 1. The molecule has 0 radical (unpaired) electrons. The summed E-state index contributed by atoms with van der Waals surface area (Å²) in [4.78, 5) is 4.70. The number of nitrogens with one attached hydrogen (secondary N) is 1. The summed E-state index contributed by atoms with van der Waals surface area (Å²) in [6, 6.07) is 6.22. The fourth-order valence-electron chi connectivity index (χ4n) is 5.56. The fraction of sp³-hybridized carbons (Fsp3) is 0.542. The molecule has 31 heavy (non-hydrogen) atoms. The average Bonchev–Trinajstić information content (AvgIpc) is 2.89. The van der Waals surface area contributed by atoms with Gasteiger partial charge in [-0.25, -0.2) is 0 Å². The number of hydrogen-bond donors (Lipinski definition) is 1. The van der Waals surface area contributed by atoms with Gasteiger partial charge in [0.25, 0.3) is 0 Å². The fourth-order valence-corrected chi connectivity index (χ4v) is 6.22. The largest absolute Gasteiger partial charge is 0.452 e. The minimum Gasteiger partial charge on any atom is -0.452 e. The lowest BCUT2D eigenvalue weighted by atomic mass is 9.59. The van der Waals surface area contributed by atoms with E-state index >= 15 is 0 Å². The molecule has 0 bridgehead atoms. The number of rotatable bonds is 2. The lowest BCUT2D eigenvalue weighted by Crippen LogP contribution is -2.45. The number of nitrogens with zero attached hydrogens (tertiary/aromatic N) is 3. The van der Waals surface area contributed by atoms with Gasteiger partial charge in [0.05, 0.1) is 0 Å². The standard InChI is InChI=1S/C24H29BrN4OS/c1-13-10-14-6-5-9-24(2,3)18(14)12-16(13)21-26-19-8-7-15(25)11-17(19)20-22(30-21)27-23(31-4)29-28-20/h6-8,11,13,16,18,21,26H,5,9-10,12H2,1-4H3/t13-,16+,18-,21-/m1/s1. The summed E-state index contributed by atoms with van der Waals surface area (Å²) >= 11 is 5.08. The van der Waals surface area contributed by atoms with Crippen molar-refractivity contribution >= 4 is 33.4 Å². The van der Waals surface area contributed by atoms with Crippen molar-refractivity contribution in [1.29, 1.82) is 0 Å². The molecular formula is C24H29BrN4OS. The molecule has 1 aromatic carbocycles. The van der Waals surface area contributed by atoms with Crippen LogP contribution in [0.2, 0.25) is 0 Å². The second-order valence-corrected chi connectivity index (χ2v) is 11.5. The lowest BCUT2D eigenvalue weighted by Gasteiger charge is -2.48. The normalized spacial score (nSPS) is 28.7. The quantitative estimate of drug-likeness (QED) is 0.371. The molecule has 2 aromatic rings. The van der Waals surface area contributed by atoms with Crippen molar-refractivity contribution in [2.75, 3.05) is 11.6 Å². The number of aromatic nitrogens is 3. The Hall–Kier alpha value is -1.60. The number of thioether (sulfide) groups is 1. The van der Waals surface area contributed by atoms with Gasteiger partial charge in [0.15, 0.2) is 11.9 Å². The third-order valence-electron chi connectivity index (χ3n) is 7.36. The van der Waals surface area contributed by atoms with Crippen LogP contribution in [0.3, 0.4) is 0 Å². The Labute approximate surface area is 197 Å². The van der Waals surface area contributed by atoms with Crippen LogP contribution >= 0.6 is 27.7 Å². The van der Waals surface area contributed by atoms with Gasteiger partial charge < -0.3 is 10.1 Å². The third-order valence-corrected chi connectivity index (χ3v) is 8.39. The van der Waals surface area contributed by atoms with Crippen LogP contribution in [-0.2, 0) is 0 Å². The van der Waals surface area contributed by atoms with E-state index in [4.69, 9.17) is 9.72 Å². The van der Waals surface area contributed by atoms with Gasteiger partial charge in [-0.15, -0.1) is 10.2 Å². The summed E-state index contributed by atoms with van der Waals surface area (Å²) in [6.45, 7) is 7.24. The molecule has 3 aliphatic rings. The van der Waals surface area contributed by atoms with Gasteiger partial charge in [-0.2, -0.15) is 4.98 Å². The zero-order chi connectivity index (χ0) is 21.8. The summed E-state index contributed by atoms with van der Waals surface area (Å²) in [7, 11) is 0. The van der Waals surface area contributed by atoms with Gasteiger partial charge in [-0.1, -0.05) is 60.1 Å². The number of benzene rings is 1. The van der Waals surface area contributed by atoms with E-state index in [1.165, 1.54) is 24.6 Å². The Kier molecular flexibility index (Phi) is 5.53. The second kappa shape index (κ2) is 8.07. The van der Waals surface area contributed by atoms with Gasteiger partial charge in [0.2, 0.25) is 11.0 Å². The van der Waals surface area contributed by atoms with E-state index in [9.17, 15) is 0 Å². The summed E-state index contributed by atoms with van der Waals surface area (Å²) in [5.74, 6) is 2.11. The molecule has 1 fully saturated rings. The molecule has 1 aromatic heterocycles. The first-order chi connectivity index (χ1) is 14.9. The van der Waals surface area contributed by atoms with E-state index in [2.05, 4.69) is 76.5 Å². The molecule has 0 saturated heterocycles. The molecule has 7 heteroatoms. The highest BCUT2D eigenvalue weighted by molar-refractivity contribution is 9.10. The molecule has 2 aliphatic carbocycles. The Morgan fingerprint density at radius 2 is 2.10 bits per heavy atom. The molecule has 5 nitrogen and oxygen atoms in total. The van der Waals surface area contributed by atoms with E-state index in [0.29, 0.717) is 39.9 Å². The minimum atomic E-state index is -0.151. The average molecular weight is 501 g/mol. The molecule has 1 aliphatic heterocycles. The van der Waals surface area contributed by atoms with Crippen molar-refractivity contribution in [2.45, 2.75) is 57.8 Å². The number of fused-ring (bicyclic) bond motifs is 4. The molecule has 4 atom stereocenters. The van der Waals surface area contributed by atoms with Crippen molar-refractivity contribution in [3.05, 3.63) is 34.3 Å². The molecular weight excluding hydrogens is 472 g/mol. The monoisotopic (exact) mass is 500 g/mol. The number of hydrogen-bond acceptors (Lipinski definition) is 6. The molecule has 0 unspecified atom stereocenters. The maximum atomic E-state index is 6.61. The van der Waals surface area contributed by atoms with E-state index in [-0.39, 0.29) is 6.23 Å². The van der Waals surface area contributed by atoms with Crippen molar-refractivity contribution in [1.82, 2.24) is 15.2 Å². The molecule has 1 N–H and O–H groups in total. The number of halogens is 1. The SMILES string of the molecule is CSc1nnc2c(n1)O[C@H]([C@H]1C[C@@H]3C(=CCCC3(C)C)C[C@H]1C)Nc1ccc(Br)cc1-2. The van der Waals surface area contributed by atoms with Crippen LogP contribution in [0.5, 0.6) is 5.88 Å². The first-order valence-electron chi connectivity index (χ1n) is 11.1. The van der Waals surface area contributed by atoms with E-state index in [1.54, 1.807) is 5.57 Å². The molecule has 5 rings (SSSR count). The van der Waals surface area contributed by atoms with E-state index in [1.807, 2.05) is 6.26 Å². The number of allylic oxidation sites excluding steroid dienone is 2. The van der Waals surface area contributed by atoms with Crippen LogP contribution in [-0.4, -0.2) is 27.7 Å². The van der Waals surface area contributed by atoms with E-state index < -0.39 is 0 Å². The van der Waals surface area contributed by atoms with Crippen molar-refractivity contribution in [2.24, 2.45) is 23.2 Å². The van der Waals surface area contributed by atoms with Crippen LogP contribution in [0.1, 0.15) is 46.5 Å². The van der Waals surface area contributed by atoms with Crippen LogP contribution in [0, 0.1) is 23.2 Å². The first kappa shape index (κ1) is 21.3. The van der Waals surface area contributed by atoms with Gasteiger partial charge in [0.1, 0.15) is 0 Å². The van der Waals surface area contributed by atoms with Gasteiger partial charge >= 0.3 is 0 Å². The Bertz CT molecular complexity index is 1040. The summed E-state index contributed by atoms with van der Waals surface area (Å²) in [5.41, 5.74) is 4.69. The summed E-state index contributed by atoms with van der Waals surface area (Å²) < 4.78 is 7.60. The maximum Gasteiger partial charge on any atom is 0.247 e. The highest BCUT2D eigenvalue weighted by atomic mass is 79.9. The third kappa shape index (κ3) is 3.88. The van der Waals surface area contributed by atoms with Crippen molar-refractivity contribution < 1.29 is 4.74 Å². The summed E-state index contributed by atoms with van der Waals surface area (Å²) in [5, 5.41) is 13.1. The van der Waals surface area contributed by atoms with Crippen molar-refractivity contribution in [3.8, 4) is 17.1 Å². The van der Waals surface area contributed by atoms with E-state index in [0.717, 1.165) is 28.6 Å². The second-order valence-electron chi connectivity index (χ2n) is 9.76. The molecule has 164 valence electrons. The predicted octanol–water partition coefficient (Wildman–Crippen LogP) is 6.56. The minimum absolute atomic E-state index is 0.151. The zero-order valence-electron chi connectivity index (χ0n) is 18.5. The van der Waals surface area contributed by atoms with Crippen LogP contribution < -0.4 is 10.1 Å². The predicted molar refractivity (Wildman–Crippen MR) is 129 cm³/mol. The van der Waals surface area contributed by atoms with Gasteiger partial charge in [0, 0.05) is 21.6 Å². The van der Waals surface area contributed by atoms with Crippen molar-refractivity contribution in [3.63, 3.8) is 0 Å². The first-order valence-corrected chi connectivity index (χ1v) is 13.1. The highest BCUT2D eigenvalue weighted by Crippen LogP contribution is 2.52. The molecule has 0 spiro atoms. The molecule has 0 amide bonds. The summed E-state index contributed by atoms with van der Waals surface area (Å²) in [6.07, 6.45) is 9.07. The number of anilines is 1. The molecule has 1 saturated carbocycles. The van der Waals surface area contributed by atoms with Crippen LogP contribution in [0.4, 0.5) is 5.69 Å². The Balaban J connectivity index is 1.55. The van der Waals surface area contributed by atoms with Gasteiger partial charge in [-0.05, 0) is 67.4 Å². The van der Waals surface area contributed by atoms with Crippen LogP contribution in [0.25, 0.3) is 11.3 Å². The molecule has 2 heterocycles. The Morgan fingerprint density at radius 3 is 2.90 bits per heavy atom. The van der Waals surface area contributed by atoms with Crippen LogP contribution in [0.15, 0.2) is 39.5 Å². The smallest absolute Gasteiger partial charge is 0.247 e. The lowest BCUT2D eigenvalue weighted by molar-refractivity contribution is 0.0519. The maximum absolute atomic E-state index is 6.61.